The van der Waals surface area contributed by atoms with Crippen LogP contribution in [0.25, 0.3) is 88.5 Å². The first-order chi connectivity index (χ1) is 28.7. The van der Waals surface area contributed by atoms with E-state index < -0.39 is 5.41 Å². The lowest BCUT2D eigenvalue weighted by molar-refractivity contribution is 0.767. The number of hydrogen-bond donors (Lipinski definition) is 0. The average Bonchev–Trinajstić information content (AvgIpc) is 3.75. The Bertz CT molecular complexity index is 3270. The van der Waals surface area contributed by atoms with E-state index in [9.17, 15) is 0 Å². The van der Waals surface area contributed by atoms with Crippen LogP contribution in [0.4, 0.5) is 0 Å². The highest BCUT2D eigenvalue weighted by Gasteiger charge is 2.49. The first-order valence-electron chi connectivity index (χ1n) is 19.7. The van der Waals surface area contributed by atoms with Crippen molar-refractivity contribution < 1.29 is 0 Å². The highest BCUT2D eigenvalue weighted by atomic mass is 32.1. The third kappa shape index (κ3) is 4.95. The molecule has 1 unspecified atom stereocenters. The van der Waals surface area contributed by atoms with Crippen LogP contribution < -0.4 is 0 Å². The highest BCUT2D eigenvalue weighted by molar-refractivity contribution is 7.25. The van der Waals surface area contributed by atoms with Crippen molar-refractivity contribution in [3.63, 3.8) is 0 Å². The lowest BCUT2D eigenvalue weighted by Crippen LogP contribution is -2.30. The molecule has 270 valence electrons. The number of nitrogens with zero attached hydrogens (tertiary/aromatic N) is 3. The Hall–Kier alpha value is -7.27. The van der Waals surface area contributed by atoms with Crippen LogP contribution in [-0.2, 0) is 5.41 Å². The molecule has 12 rings (SSSR count). The number of thiophene rings is 1. The molecule has 2 aliphatic rings. The molecule has 4 heteroatoms. The lowest BCUT2D eigenvalue weighted by Gasteiger charge is -2.35. The Morgan fingerprint density at radius 2 is 1.07 bits per heavy atom. The fourth-order valence-electron chi connectivity index (χ4n) is 9.40. The predicted molar refractivity (Wildman–Crippen MR) is 241 cm³/mol. The van der Waals surface area contributed by atoms with Crippen molar-refractivity contribution in [1.82, 2.24) is 15.0 Å². The van der Waals surface area contributed by atoms with Gasteiger partial charge < -0.3 is 0 Å². The van der Waals surface area contributed by atoms with Crippen LogP contribution in [0.3, 0.4) is 0 Å². The summed E-state index contributed by atoms with van der Waals surface area (Å²) in [5.74, 6) is 0.693. The van der Waals surface area contributed by atoms with Gasteiger partial charge in [0, 0.05) is 49.3 Å². The number of fused-ring (bicyclic) bond motifs is 12. The van der Waals surface area contributed by atoms with Gasteiger partial charge in [0.05, 0.1) is 16.8 Å². The van der Waals surface area contributed by atoms with E-state index in [2.05, 4.69) is 181 Å². The molecule has 3 nitrogen and oxygen atoms in total. The van der Waals surface area contributed by atoms with Gasteiger partial charge in [0.25, 0.3) is 0 Å². The second kappa shape index (κ2) is 12.9. The van der Waals surface area contributed by atoms with Crippen molar-refractivity contribution in [2.45, 2.75) is 5.41 Å². The maximum Gasteiger partial charge on any atom is 0.160 e. The molecule has 3 heterocycles. The maximum absolute atomic E-state index is 5.35. The van der Waals surface area contributed by atoms with Crippen molar-refractivity contribution in [1.29, 1.82) is 0 Å². The van der Waals surface area contributed by atoms with E-state index in [-0.39, 0.29) is 0 Å². The first kappa shape index (κ1) is 32.9. The molecule has 0 aliphatic heterocycles. The second-order valence-electron chi connectivity index (χ2n) is 15.2. The van der Waals surface area contributed by atoms with Crippen LogP contribution in [0.5, 0.6) is 0 Å². The summed E-state index contributed by atoms with van der Waals surface area (Å²) in [6, 6.07) is 63.8. The van der Waals surface area contributed by atoms with Gasteiger partial charge in [-0.1, -0.05) is 152 Å². The molecule has 1 spiro atoms. The minimum atomic E-state index is -0.587. The molecule has 0 N–H and O–H groups in total. The summed E-state index contributed by atoms with van der Waals surface area (Å²) in [7, 11) is 0. The van der Waals surface area contributed by atoms with Crippen LogP contribution >= 0.6 is 11.3 Å². The van der Waals surface area contributed by atoms with Gasteiger partial charge in [0.15, 0.2) is 5.82 Å². The zero-order valence-electron chi connectivity index (χ0n) is 31.3. The molecule has 0 fully saturated rings. The quantitative estimate of drug-likeness (QED) is 0.180. The van der Waals surface area contributed by atoms with Gasteiger partial charge in [-0.3, -0.25) is 4.98 Å². The molecule has 0 amide bonds. The predicted octanol–water partition coefficient (Wildman–Crippen LogP) is 13.8. The third-order valence-corrected chi connectivity index (χ3v) is 13.2. The third-order valence-electron chi connectivity index (χ3n) is 12.0. The number of rotatable bonds is 4. The lowest BCUT2D eigenvalue weighted by atomic mass is 9.65. The molecule has 2 aliphatic carbocycles. The summed E-state index contributed by atoms with van der Waals surface area (Å²) in [5.41, 5.74) is 16.5. The summed E-state index contributed by atoms with van der Waals surface area (Å²) < 4.78 is 2.63. The normalized spacial score (nSPS) is 14.9. The molecule has 0 bridgehead atoms. The van der Waals surface area contributed by atoms with Crippen molar-refractivity contribution in [3.8, 4) is 56.2 Å². The van der Waals surface area contributed by atoms with Crippen LogP contribution in [0.1, 0.15) is 33.4 Å². The largest absolute Gasteiger partial charge is 0.264 e. The molecular formula is C54H33N3S. The zero-order chi connectivity index (χ0) is 38.2. The smallest absolute Gasteiger partial charge is 0.160 e. The van der Waals surface area contributed by atoms with E-state index in [1.54, 1.807) is 6.20 Å². The van der Waals surface area contributed by atoms with Gasteiger partial charge >= 0.3 is 0 Å². The summed E-state index contributed by atoms with van der Waals surface area (Å²) in [6.45, 7) is 0. The Labute approximate surface area is 340 Å². The van der Waals surface area contributed by atoms with Gasteiger partial charge in [-0.05, 0) is 92.0 Å². The van der Waals surface area contributed by atoms with Gasteiger partial charge in [0.1, 0.15) is 0 Å². The topological polar surface area (TPSA) is 38.7 Å². The van der Waals surface area contributed by atoms with Crippen molar-refractivity contribution in [2.24, 2.45) is 0 Å². The molecule has 10 aromatic rings. The van der Waals surface area contributed by atoms with Crippen molar-refractivity contribution in [2.75, 3.05) is 0 Å². The molecule has 0 saturated heterocycles. The van der Waals surface area contributed by atoms with E-state index in [0.29, 0.717) is 5.82 Å². The molecule has 0 radical (unpaired) electrons. The van der Waals surface area contributed by atoms with Crippen LogP contribution in [0, 0.1) is 0 Å². The Balaban J connectivity index is 1.11. The number of benzene rings is 7. The van der Waals surface area contributed by atoms with Gasteiger partial charge in [-0.25, -0.2) is 9.97 Å². The highest BCUT2D eigenvalue weighted by Crippen LogP contribution is 2.60. The average molecular weight is 756 g/mol. The summed E-state index contributed by atoms with van der Waals surface area (Å²) in [5, 5.41) is 2.61. The molecule has 58 heavy (non-hydrogen) atoms. The van der Waals surface area contributed by atoms with E-state index in [1.807, 2.05) is 29.7 Å². The summed E-state index contributed by atoms with van der Waals surface area (Å²) in [4.78, 5) is 15.0. The fraction of sp³-hybridized carbons (Fsp3) is 0.0185. The number of aromatic nitrogens is 3. The SMILES string of the molecule is C1=Cc2ccc(-c3nc(-c4ccccc4)cc(-c4ccc(-c5cccnc5)cc4)n3)cc2C2(c3ccccc31)c1ccccc1-c1cc3sc4ccccc4c3cc12. The van der Waals surface area contributed by atoms with Crippen LogP contribution in [0.15, 0.2) is 188 Å². The van der Waals surface area contributed by atoms with Gasteiger partial charge in [-0.2, -0.15) is 0 Å². The van der Waals surface area contributed by atoms with E-state index in [0.717, 1.165) is 39.2 Å². The van der Waals surface area contributed by atoms with Gasteiger partial charge in [-0.15, -0.1) is 11.3 Å². The standard InChI is InChI=1S/C54H33N3S/c1-2-12-37(13-3-1)49-32-50(38-25-20-34(21-26-38)40-14-10-28-55-33-40)57-53(56-49)39-27-24-36-23-22-35-11-4-7-17-45(35)54(47(36)29-39)46-18-8-5-15-41(46)43-31-52-44(30-48(43)54)42-16-6-9-19-51(42)58-52/h1-33H. The molecule has 0 saturated carbocycles. The first-order valence-corrected chi connectivity index (χ1v) is 20.5. The van der Waals surface area contributed by atoms with Crippen molar-refractivity contribution in [3.05, 3.63) is 222 Å². The maximum atomic E-state index is 5.35. The molecule has 7 aromatic carbocycles. The van der Waals surface area contributed by atoms with Crippen molar-refractivity contribution >= 4 is 43.7 Å². The van der Waals surface area contributed by atoms with Crippen LogP contribution in [-0.4, -0.2) is 15.0 Å². The minimum absolute atomic E-state index is 0.587. The van der Waals surface area contributed by atoms with E-state index in [4.69, 9.17) is 9.97 Å². The van der Waals surface area contributed by atoms with E-state index >= 15 is 0 Å². The summed E-state index contributed by atoms with van der Waals surface area (Å²) in [6.07, 6.45) is 8.29. The zero-order valence-corrected chi connectivity index (χ0v) is 32.1. The Morgan fingerprint density at radius 1 is 0.397 bits per heavy atom. The number of pyridine rings is 1. The molecule has 1 atom stereocenters. The molecular weight excluding hydrogens is 723 g/mol. The van der Waals surface area contributed by atoms with Crippen LogP contribution in [0.2, 0.25) is 0 Å². The van der Waals surface area contributed by atoms with Gasteiger partial charge in [0.2, 0.25) is 0 Å². The minimum Gasteiger partial charge on any atom is -0.264 e. The van der Waals surface area contributed by atoms with E-state index in [1.165, 1.54) is 64.7 Å². The monoisotopic (exact) mass is 755 g/mol. The summed E-state index contributed by atoms with van der Waals surface area (Å²) >= 11 is 1.88. The molecule has 3 aromatic heterocycles. The fourth-order valence-corrected chi connectivity index (χ4v) is 10.5. The second-order valence-corrected chi connectivity index (χ2v) is 16.2. The Kier molecular flexibility index (Phi) is 7.31. The number of hydrogen-bond acceptors (Lipinski definition) is 4. The Morgan fingerprint density at radius 3 is 1.90 bits per heavy atom.